The van der Waals surface area contributed by atoms with Gasteiger partial charge in [0.25, 0.3) is 0 Å². The number of ketones is 1. The van der Waals surface area contributed by atoms with Crippen LogP contribution in [0, 0.1) is 0 Å². The molecule has 5 nitrogen and oxygen atoms in total. The van der Waals surface area contributed by atoms with Crippen LogP contribution in [0.4, 0.5) is 0 Å². The lowest BCUT2D eigenvalue weighted by molar-refractivity contribution is -0.142. The maximum atomic E-state index is 11.8. The molecule has 0 saturated carbocycles. The molecule has 0 saturated heterocycles. The topological polar surface area (TPSA) is 72.8 Å². The van der Waals surface area contributed by atoms with Crippen LogP contribution in [-0.2, 0) is 19.1 Å². The molecule has 1 aliphatic rings. The molecule has 0 fully saturated rings. The second-order valence-corrected chi connectivity index (χ2v) is 3.85. The molecule has 0 radical (unpaired) electrons. The summed E-state index contributed by atoms with van der Waals surface area (Å²) in [6, 6.07) is 0. The Morgan fingerprint density at radius 3 is 2.50 bits per heavy atom. The molecule has 0 amide bonds. The molecule has 0 heterocycles. The summed E-state index contributed by atoms with van der Waals surface area (Å²) in [6.45, 7) is 4.81. The van der Waals surface area contributed by atoms with Gasteiger partial charge in [-0.3, -0.25) is 4.79 Å². The molecule has 90 valence electrons. The predicted octanol–water partition coefficient (Wildman–Crippen LogP) is 0.215. The third-order valence-corrected chi connectivity index (χ3v) is 2.84. The Balaban J connectivity index is 3.14. The minimum atomic E-state index is -1.45. The van der Waals surface area contributed by atoms with Crippen LogP contribution in [0.3, 0.4) is 0 Å². The van der Waals surface area contributed by atoms with Crippen molar-refractivity contribution in [2.45, 2.75) is 32.5 Å². The Hall–Kier alpha value is -1.20. The van der Waals surface area contributed by atoms with E-state index >= 15 is 0 Å². The van der Waals surface area contributed by atoms with Gasteiger partial charge in [0.1, 0.15) is 11.2 Å². The van der Waals surface area contributed by atoms with Crippen molar-refractivity contribution < 1.29 is 24.2 Å². The average Bonchev–Trinajstić information content (AvgIpc) is 2.34. The zero-order valence-electron chi connectivity index (χ0n) is 9.86. The first-order chi connectivity index (χ1) is 7.37. The molecule has 0 aromatic heterocycles. The van der Waals surface area contributed by atoms with Crippen molar-refractivity contribution >= 4 is 11.8 Å². The average molecular weight is 228 g/mol. The Morgan fingerprint density at radius 1 is 1.56 bits per heavy atom. The highest BCUT2D eigenvalue weighted by molar-refractivity contribution is 6.22. The van der Waals surface area contributed by atoms with Crippen LogP contribution in [0.25, 0.3) is 0 Å². The summed E-state index contributed by atoms with van der Waals surface area (Å²) in [5.74, 6) is -1.23. The highest BCUT2D eigenvalue weighted by Gasteiger charge is 2.50. The van der Waals surface area contributed by atoms with Crippen LogP contribution in [0.2, 0.25) is 0 Å². The first-order valence-electron chi connectivity index (χ1n) is 5.05. The number of aliphatic hydroxyl groups is 1. The highest BCUT2D eigenvalue weighted by Crippen LogP contribution is 2.35. The quantitative estimate of drug-likeness (QED) is 0.552. The van der Waals surface area contributed by atoms with Crippen LogP contribution < -0.4 is 0 Å². The van der Waals surface area contributed by atoms with E-state index in [0.29, 0.717) is 5.57 Å². The van der Waals surface area contributed by atoms with Gasteiger partial charge in [0, 0.05) is 7.11 Å². The smallest absolute Gasteiger partial charge is 0.341 e. The van der Waals surface area contributed by atoms with Crippen LogP contribution in [0.15, 0.2) is 11.1 Å². The van der Waals surface area contributed by atoms with Gasteiger partial charge in [-0.05, 0) is 26.3 Å². The van der Waals surface area contributed by atoms with Gasteiger partial charge in [-0.15, -0.1) is 0 Å². The maximum Gasteiger partial charge on any atom is 0.341 e. The third kappa shape index (κ3) is 1.76. The molecule has 0 unspecified atom stereocenters. The largest absolute Gasteiger partial charge is 0.462 e. The summed E-state index contributed by atoms with van der Waals surface area (Å²) < 4.78 is 9.69. The van der Waals surface area contributed by atoms with Gasteiger partial charge in [0.05, 0.1) is 6.61 Å². The Kier molecular flexibility index (Phi) is 3.50. The Morgan fingerprint density at radius 2 is 2.12 bits per heavy atom. The van der Waals surface area contributed by atoms with E-state index in [4.69, 9.17) is 9.47 Å². The van der Waals surface area contributed by atoms with Gasteiger partial charge < -0.3 is 14.6 Å². The molecule has 5 heteroatoms. The normalized spacial score (nSPS) is 29.8. The fourth-order valence-corrected chi connectivity index (χ4v) is 1.81. The summed E-state index contributed by atoms with van der Waals surface area (Å²) in [5.41, 5.74) is -1.25. The zero-order valence-corrected chi connectivity index (χ0v) is 9.86. The number of esters is 1. The molecule has 1 N–H and O–H groups in total. The lowest BCUT2D eigenvalue weighted by atomic mass is 9.97. The predicted molar refractivity (Wildman–Crippen MR) is 55.8 cm³/mol. The summed E-state index contributed by atoms with van der Waals surface area (Å²) in [6.07, 6.45) is -1.04. The number of carbonyl (C=O) groups is 2. The zero-order chi connectivity index (χ0) is 12.5. The Bertz CT molecular complexity index is 353. The number of hydrogen-bond donors (Lipinski definition) is 1. The minimum Gasteiger partial charge on any atom is -0.462 e. The summed E-state index contributed by atoms with van der Waals surface area (Å²) >= 11 is 0. The van der Waals surface area contributed by atoms with E-state index in [1.165, 1.54) is 21.0 Å². The SMILES string of the molecule is CCOC(=O)C1=C(C)[C@@](C)(O)[C@@H](OC)C1=O. The molecule has 0 aliphatic heterocycles. The number of methoxy groups -OCH3 is 1. The molecule has 0 spiro atoms. The molecule has 0 aromatic rings. The minimum absolute atomic E-state index is 0.0984. The van der Waals surface area contributed by atoms with Gasteiger partial charge in [0.2, 0.25) is 5.78 Å². The van der Waals surface area contributed by atoms with Crippen molar-refractivity contribution in [2.24, 2.45) is 0 Å². The molecule has 1 rings (SSSR count). The van der Waals surface area contributed by atoms with Crippen molar-refractivity contribution in [1.82, 2.24) is 0 Å². The number of carbonyl (C=O) groups excluding carboxylic acids is 2. The van der Waals surface area contributed by atoms with E-state index in [9.17, 15) is 14.7 Å². The second-order valence-electron chi connectivity index (χ2n) is 3.85. The third-order valence-electron chi connectivity index (χ3n) is 2.84. The van der Waals surface area contributed by atoms with E-state index in [1.807, 2.05) is 0 Å². The van der Waals surface area contributed by atoms with Crippen molar-refractivity contribution in [1.29, 1.82) is 0 Å². The monoisotopic (exact) mass is 228 g/mol. The summed E-state index contributed by atoms with van der Waals surface area (Å²) in [5, 5.41) is 10.1. The first kappa shape index (κ1) is 12.9. The van der Waals surface area contributed by atoms with Gasteiger partial charge >= 0.3 is 5.97 Å². The lowest BCUT2D eigenvalue weighted by Crippen LogP contribution is -2.41. The van der Waals surface area contributed by atoms with Crippen LogP contribution >= 0.6 is 0 Å². The van der Waals surface area contributed by atoms with Crippen LogP contribution in [0.1, 0.15) is 20.8 Å². The van der Waals surface area contributed by atoms with E-state index < -0.39 is 23.5 Å². The molecular formula is C11H16O5. The number of Topliss-reactive ketones (excluding diaryl/α,β-unsaturated/α-hetero) is 1. The van der Waals surface area contributed by atoms with Crippen LogP contribution in [-0.4, -0.2) is 42.3 Å². The van der Waals surface area contributed by atoms with Crippen molar-refractivity contribution in [3.8, 4) is 0 Å². The molecule has 0 bridgehead atoms. The second kappa shape index (κ2) is 4.35. The first-order valence-corrected chi connectivity index (χ1v) is 5.05. The maximum absolute atomic E-state index is 11.8. The van der Waals surface area contributed by atoms with Gasteiger partial charge in [0.15, 0.2) is 6.10 Å². The highest BCUT2D eigenvalue weighted by atomic mass is 16.5. The molecule has 0 aromatic carbocycles. The van der Waals surface area contributed by atoms with Gasteiger partial charge in [-0.2, -0.15) is 0 Å². The summed E-state index contributed by atoms with van der Waals surface area (Å²) in [7, 11) is 1.32. The number of rotatable bonds is 3. The van der Waals surface area contributed by atoms with Crippen molar-refractivity contribution in [3.05, 3.63) is 11.1 Å². The van der Waals surface area contributed by atoms with E-state index in [2.05, 4.69) is 0 Å². The van der Waals surface area contributed by atoms with Crippen LogP contribution in [0.5, 0.6) is 0 Å². The summed E-state index contributed by atoms with van der Waals surface area (Å²) in [4.78, 5) is 23.4. The fourth-order valence-electron chi connectivity index (χ4n) is 1.81. The van der Waals surface area contributed by atoms with E-state index in [0.717, 1.165) is 0 Å². The molecule has 1 aliphatic carbocycles. The van der Waals surface area contributed by atoms with E-state index in [-0.39, 0.29) is 12.2 Å². The Labute approximate surface area is 94.0 Å². The molecular weight excluding hydrogens is 212 g/mol. The molecule has 16 heavy (non-hydrogen) atoms. The van der Waals surface area contributed by atoms with E-state index in [1.54, 1.807) is 6.92 Å². The van der Waals surface area contributed by atoms with Gasteiger partial charge in [-0.25, -0.2) is 4.79 Å². The molecule has 2 atom stereocenters. The lowest BCUT2D eigenvalue weighted by Gasteiger charge is -2.24. The fraction of sp³-hybridized carbons (Fsp3) is 0.636. The van der Waals surface area contributed by atoms with Crippen molar-refractivity contribution in [3.63, 3.8) is 0 Å². The van der Waals surface area contributed by atoms with Gasteiger partial charge in [-0.1, -0.05) is 0 Å². The van der Waals surface area contributed by atoms with Crippen molar-refractivity contribution in [2.75, 3.05) is 13.7 Å². The standard InChI is InChI=1S/C11H16O5/c1-5-16-10(13)7-6(2)11(3,14)9(15-4)8(7)12/h9,14H,5H2,1-4H3/t9-,11+/m0/s1. The number of ether oxygens (including phenoxy) is 2. The number of hydrogen-bond acceptors (Lipinski definition) is 5.